The van der Waals surface area contributed by atoms with Gasteiger partial charge < -0.3 is 54.2 Å². The number of nitrogens with zero attached hydrogens (tertiary/aromatic N) is 5. The number of likely N-dealkylation sites (tertiary alicyclic amines) is 1. The molecule has 8 rings (SSSR count). The van der Waals surface area contributed by atoms with Crippen molar-refractivity contribution in [2.75, 3.05) is 14.2 Å². The van der Waals surface area contributed by atoms with Gasteiger partial charge >= 0.3 is 12.2 Å². The second-order valence-corrected chi connectivity index (χ2v) is 18.9. The van der Waals surface area contributed by atoms with E-state index in [2.05, 4.69) is 42.5 Å². The van der Waals surface area contributed by atoms with Gasteiger partial charge in [0.2, 0.25) is 11.8 Å². The average molecular weight is 935 g/mol. The molecule has 3 aliphatic rings. The summed E-state index contributed by atoms with van der Waals surface area (Å²) in [5.74, 6) is 0.622. The molecule has 3 fully saturated rings. The molecule has 68 heavy (non-hydrogen) atoms. The van der Waals surface area contributed by atoms with E-state index in [0.717, 1.165) is 47.3 Å². The first-order valence-corrected chi connectivity index (χ1v) is 24.0. The largest absolute Gasteiger partial charge is 0.453 e. The van der Waals surface area contributed by atoms with Crippen molar-refractivity contribution in [3.8, 4) is 33.9 Å². The van der Waals surface area contributed by atoms with E-state index in [9.17, 15) is 19.2 Å². The summed E-state index contributed by atoms with van der Waals surface area (Å²) in [5, 5.41) is 8.83. The molecule has 3 aliphatic heterocycles. The Hall–Kier alpha value is -6.27. The summed E-state index contributed by atoms with van der Waals surface area (Å²) in [4.78, 5) is 76.7. The molecular weight excluding hydrogens is 869 g/mol. The number of imidazole rings is 2. The van der Waals surface area contributed by atoms with Gasteiger partial charge in [-0.2, -0.15) is 0 Å². The van der Waals surface area contributed by atoms with Crippen LogP contribution < -0.4 is 16.0 Å². The molecule has 18 nitrogen and oxygen atoms in total. The highest BCUT2D eigenvalue weighted by atomic mass is 16.5. The van der Waals surface area contributed by atoms with Gasteiger partial charge in [0.15, 0.2) is 0 Å². The van der Waals surface area contributed by atoms with Gasteiger partial charge in [0.05, 0.1) is 91.9 Å². The minimum absolute atomic E-state index is 0.0338. The van der Waals surface area contributed by atoms with Gasteiger partial charge in [-0.1, -0.05) is 37.6 Å². The third-order valence-corrected chi connectivity index (χ3v) is 13.8. The molecule has 0 radical (unpaired) electrons. The topological polar surface area (TPSA) is 219 Å². The number of amides is 4. The fourth-order valence-corrected chi connectivity index (χ4v) is 10.8. The van der Waals surface area contributed by atoms with Gasteiger partial charge in [-0.05, 0) is 109 Å². The molecule has 7 heterocycles. The molecule has 4 amide bonds. The van der Waals surface area contributed by atoms with Crippen molar-refractivity contribution >= 4 is 29.5 Å². The maximum Gasteiger partial charge on any atom is 0.407 e. The number of hydrogen-bond acceptors (Lipinski definition) is 11. The number of carbonyl (C=O) groups excluding carboxylic acids is 4. The van der Waals surface area contributed by atoms with Crippen LogP contribution in [0.2, 0.25) is 0 Å². The van der Waals surface area contributed by atoms with Crippen molar-refractivity contribution in [3.63, 3.8) is 0 Å². The lowest BCUT2D eigenvalue weighted by atomic mass is 9.85. The number of H-pyrrole nitrogens is 2. The normalized spacial score (nSPS) is 25.3. The lowest BCUT2D eigenvalue weighted by Crippen LogP contribution is -2.55. The molecule has 2 unspecified atom stereocenters. The van der Waals surface area contributed by atoms with E-state index in [1.54, 1.807) is 6.20 Å². The zero-order chi connectivity index (χ0) is 48.2. The number of nitrogens with one attached hydrogen (secondary N) is 5. The maximum atomic E-state index is 14.5. The van der Waals surface area contributed by atoms with Crippen LogP contribution in [0.5, 0.6) is 0 Å². The molecule has 5 N–H and O–H groups in total. The van der Waals surface area contributed by atoms with Gasteiger partial charge in [-0.15, -0.1) is 0 Å². The molecule has 1 aromatic carbocycles. The second-order valence-electron chi connectivity index (χ2n) is 18.9. The Balaban J connectivity index is 0.980. The molecule has 18 heteroatoms. The average Bonchev–Trinajstić information content (AvgIpc) is 4.16. The number of ether oxygens (including phenoxy) is 4. The number of methoxy groups -OCH3 is 2. The molecule has 0 saturated carbocycles. The summed E-state index contributed by atoms with van der Waals surface area (Å²) < 4.78 is 23.8. The van der Waals surface area contributed by atoms with Gasteiger partial charge in [-0.3, -0.25) is 14.6 Å². The van der Waals surface area contributed by atoms with Crippen LogP contribution in [0, 0.1) is 11.8 Å². The van der Waals surface area contributed by atoms with Crippen LogP contribution in [0.3, 0.4) is 0 Å². The third kappa shape index (κ3) is 10.4. The Bertz CT molecular complexity index is 2530. The van der Waals surface area contributed by atoms with E-state index < -0.39 is 30.3 Å². The molecule has 11 atom stereocenters. The predicted octanol–water partition coefficient (Wildman–Crippen LogP) is 7.65. The number of hydrogen-bond donors (Lipinski definition) is 5. The lowest BCUT2D eigenvalue weighted by Gasteiger charge is -2.39. The van der Waals surface area contributed by atoms with Crippen LogP contribution >= 0.6 is 0 Å². The number of alkyl carbamates (subject to hydrolysis) is 2. The zero-order valence-electron chi connectivity index (χ0n) is 40.3. The van der Waals surface area contributed by atoms with Crippen molar-refractivity contribution in [2.24, 2.45) is 11.8 Å². The summed E-state index contributed by atoms with van der Waals surface area (Å²) in [6, 6.07) is 9.84. The van der Waals surface area contributed by atoms with Crippen LogP contribution in [0.15, 0.2) is 61.2 Å². The number of rotatable bonds is 14. The minimum Gasteiger partial charge on any atom is -0.453 e. The first-order valence-electron chi connectivity index (χ1n) is 24.0. The number of aromatic amines is 2. The van der Waals surface area contributed by atoms with E-state index in [4.69, 9.17) is 33.9 Å². The monoisotopic (exact) mass is 935 g/mol. The van der Waals surface area contributed by atoms with Crippen LogP contribution in [0.4, 0.5) is 9.59 Å². The SMILES string of the molecule is CCC[C@H](NC(=O)[C@@H](NC(=O)OC)[C@H]1C[C@@H](C)O[C@@H](C)C1)c1ncc(-c2ncc(-c3ccc(-c4cnc([C@@H]5CCC(C)N5C(=O)C(NC(=O)OC)[C@H]5C[C@@H](C)O[C@@H](C)C5)[nH]4)cc3)n3cccc23)[nH]1. The number of benzene rings is 1. The standard InChI is InChI=1S/C50H66N10O8/c1-9-11-36(56-47(61)42(57-49(63)65-7)34-20-28(3)67-29(4)21-34)45-52-25-38(55-45)44-39-12-10-19-59(39)41(26-51-44)33-16-14-32(15-17-33)37-24-53-46(54-37)40-18-13-27(2)60(40)48(62)43(58-50(64)66-8)35-22-30(5)68-31(6)23-35/h10,12,14-17,19,24-31,34-36,40,42-43H,9,11,13,18,20-23H2,1-8H3,(H,52,55)(H,53,54)(H,56,61)(H,57,63)(H,58,64)/t27?,28-,29+,30-,31+,34+,35+,36-,40-,42-,43?/m0/s1. The summed E-state index contributed by atoms with van der Waals surface area (Å²) in [5.41, 5.74) is 5.88. The summed E-state index contributed by atoms with van der Waals surface area (Å²) in [6.45, 7) is 12.1. The maximum absolute atomic E-state index is 14.5. The molecule has 0 spiro atoms. The smallest absolute Gasteiger partial charge is 0.407 e. The predicted molar refractivity (Wildman–Crippen MR) is 254 cm³/mol. The van der Waals surface area contributed by atoms with Crippen LogP contribution in [0.25, 0.3) is 39.4 Å². The van der Waals surface area contributed by atoms with E-state index in [1.807, 2.05) is 89.3 Å². The molecule has 4 aromatic heterocycles. The highest BCUT2D eigenvalue weighted by Crippen LogP contribution is 2.39. The Kier molecular flexibility index (Phi) is 14.8. The number of fused-ring (bicyclic) bond motifs is 1. The second kappa shape index (κ2) is 20.9. The van der Waals surface area contributed by atoms with Gasteiger partial charge in [0, 0.05) is 17.8 Å². The summed E-state index contributed by atoms with van der Waals surface area (Å²) in [7, 11) is 2.60. The van der Waals surface area contributed by atoms with E-state index >= 15 is 0 Å². The quantitative estimate of drug-likeness (QED) is 0.0728. The highest BCUT2D eigenvalue weighted by molar-refractivity contribution is 5.87. The van der Waals surface area contributed by atoms with Gasteiger partial charge in [0.1, 0.15) is 29.4 Å². The Morgan fingerprint density at radius 3 is 1.97 bits per heavy atom. The van der Waals surface area contributed by atoms with Crippen molar-refractivity contribution in [1.82, 2.24) is 50.2 Å². The lowest BCUT2D eigenvalue weighted by molar-refractivity contribution is -0.140. The van der Waals surface area contributed by atoms with Crippen molar-refractivity contribution in [2.45, 2.75) is 148 Å². The Labute approximate surface area is 397 Å². The van der Waals surface area contributed by atoms with Gasteiger partial charge in [0.25, 0.3) is 0 Å². The molecule has 5 aromatic rings. The minimum atomic E-state index is -0.803. The first kappa shape index (κ1) is 48.2. The van der Waals surface area contributed by atoms with Crippen molar-refractivity contribution in [3.05, 3.63) is 72.8 Å². The fourth-order valence-electron chi connectivity index (χ4n) is 10.8. The molecule has 0 bridgehead atoms. The van der Waals surface area contributed by atoms with E-state index in [0.29, 0.717) is 55.1 Å². The first-order chi connectivity index (χ1) is 32.7. The fraction of sp³-hybridized carbons (Fsp3) is 0.540. The van der Waals surface area contributed by atoms with Crippen molar-refractivity contribution < 1.29 is 38.1 Å². The van der Waals surface area contributed by atoms with Crippen LogP contribution in [0.1, 0.15) is 117 Å². The Morgan fingerprint density at radius 2 is 1.34 bits per heavy atom. The van der Waals surface area contributed by atoms with Gasteiger partial charge in [-0.25, -0.2) is 19.6 Å². The van der Waals surface area contributed by atoms with Crippen molar-refractivity contribution in [1.29, 1.82) is 0 Å². The molecule has 0 aliphatic carbocycles. The number of aromatic nitrogens is 6. The summed E-state index contributed by atoms with van der Waals surface area (Å²) in [6.07, 6.45) is 11.4. The molecular formula is C50H66N10O8. The molecule has 3 saturated heterocycles. The van der Waals surface area contributed by atoms with E-state index in [1.165, 1.54) is 14.2 Å². The Morgan fingerprint density at radius 1 is 0.735 bits per heavy atom. The number of carbonyl (C=O) groups is 4. The highest BCUT2D eigenvalue weighted by Gasteiger charge is 2.44. The molecule has 364 valence electrons. The van der Waals surface area contributed by atoms with Crippen LogP contribution in [-0.2, 0) is 28.5 Å². The van der Waals surface area contributed by atoms with Crippen LogP contribution in [-0.4, -0.2) is 115 Å². The zero-order valence-corrected chi connectivity index (χ0v) is 40.3. The summed E-state index contributed by atoms with van der Waals surface area (Å²) >= 11 is 0. The van der Waals surface area contributed by atoms with E-state index in [-0.39, 0.29) is 60.1 Å². The third-order valence-electron chi connectivity index (χ3n) is 13.8.